The van der Waals surface area contributed by atoms with Crippen LogP contribution in [-0.4, -0.2) is 28.0 Å². The van der Waals surface area contributed by atoms with Crippen LogP contribution in [0.15, 0.2) is 29.4 Å². The van der Waals surface area contributed by atoms with Crippen molar-refractivity contribution < 1.29 is 0 Å². The number of rotatable bonds is 6. The minimum Gasteiger partial charge on any atom is -0.353 e. The van der Waals surface area contributed by atoms with Gasteiger partial charge < -0.3 is 11.1 Å². The van der Waals surface area contributed by atoms with Crippen LogP contribution in [0.3, 0.4) is 0 Å². The minimum atomic E-state index is 0.540. The number of thioether (sulfide) groups is 1. The van der Waals surface area contributed by atoms with Crippen molar-refractivity contribution in [1.29, 1.82) is 0 Å². The lowest BCUT2D eigenvalue weighted by molar-refractivity contribution is 0.849. The number of anilines is 1. The summed E-state index contributed by atoms with van der Waals surface area (Å²) in [6, 6.07) is 7.75. The Labute approximate surface area is 127 Å². The number of nitrogens with zero attached hydrogens (tertiary/aromatic N) is 3. The van der Waals surface area contributed by atoms with E-state index in [-0.39, 0.29) is 0 Å². The fraction of sp³-hybridized carbons (Fsp3) is 0.308. The van der Waals surface area contributed by atoms with Gasteiger partial charge in [0.2, 0.25) is 5.95 Å². The maximum Gasteiger partial charge on any atom is 0.226 e. The Morgan fingerprint density at radius 3 is 2.65 bits per heavy atom. The Hall–Kier alpha value is -1.37. The van der Waals surface area contributed by atoms with Gasteiger partial charge >= 0.3 is 0 Å². The molecule has 0 aliphatic rings. The van der Waals surface area contributed by atoms with E-state index in [1.165, 1.54) is 5.56 Å². The van der Waals surface area contributed by atoms with Crippen molar-refractivity contribution in [2.24, 2.45) is 5.73 Å². The maximum atomic E-state index is 5.86. The molecule has 0 aliphatic heterocycles. The first kappa shape index (κ1) is 15.0. The molecule has 0 bridgehead atoms. The van der Waals surface area contributed by atoms with Gasteiger partial charge in [0.15, 0.2) is 5.16 Å². The van der Waals surface area contributed by atoms with E-state index in [1.54, 1.807) is 11.8 Å². The van der Waals surface area contributed by atoms with E-state index in [2.05, 4.69) is 20.3 Å². The monoisotopic (exact) mass is 309 g/mol. The Morgan fingerprint density at radius 2 is 1.95 bits per heavy atom. The van der Waals surface area contributed by atoms with Crippen LogP contribution in [0.1, 0.15) is 11.4 Å². The van der Waals surface area contributed by atoms with E-state index < -0.39 is 0 Å². The van der Waals surface area contributed by atoms with Gasteiger partial charge in [0.1, 0.15) is 5.82 Å². The quantitative estimate of drug-likeness (QED) is 0.798. The minimum absolute atomic E-state index is 0.540. The molecule has 106 valence electrons. The van der Waals surface area contributed by atoms with Crippen LogP contribution in [-0.2, 0) is 5.75 Å². The summed E-state index contributed by atoms with van der Waals surface area (Å²) in [6.45, 7) is 3.03. The normalized spacial score (nSPS) is 10.6. The van der Waals surface area contributed by atoms with E-state index in [0.717, 1.165) is 10.8 Å². The highest BCUT2D eigenvalue weighted by Crippen LogP contribution is 2.21. The van der Waals surface area contributed by atoms with Crippen LogP contribution in [0, 0.1) is 6.92 Å². The predicted molar refractivity (Wildman–Crippen MR) is 83.1 cm³/mol. The second kappa shape index (κ2) is 7.42. The van der Waals surface area contributed by atoms with Crippen LogP contribution in [0.5, 0.6) is 0 Å². The molecule has 0 atom stereocenters. The SMILES string of the molecule is Cc1nc(NCCN)nc(SCc2ccc(Cl)cc2)n1. The molecule has 0 fully saturated rings. The van der Waals surface area contributed by atoms with Crippen molar-refractivity contribution in [2.45, 2.75) is 17.8 Å². The van der Waals surface area contributed by atoms with Crippen LogP contribution >= 0.6 is 23.4 Å². The molecule has 7 heteroatoms. The molecule has 1 heterocycles. The Bertz CT molecular complexity index is 561. The Balaban J connectivity index is 2.01. The number of aryl methyl sites for hydroxylation is 1. The largest absolute Gasteiger partial charge is 0.353 e. The molecular formula is C13H16ClN5S. The molecule has 3 N–H and O–H groups in total. The van der Waals surface area contributed by atoms with Gasteiger partial charge in [-0.15, -0.1) is 0 Å². The first-order valence-corrected chi connectivity index (χ1v) is 7.57. The highest BCUT2D eigenvalue weighted by molar-refractivity contribution is 7.98. The summed E-state index contributed by atoms with van der Waals surface area (Å²) < 4.78 is 0. The molecule has 0 spiro atoms. The van der Waals surface area contributed by atoms with Gasteiger partial charge in [0.25, 0.3) is 0 Å². The number of benzene rings is 1. The van der Waals surface area contributed by atoms with E-state index in [1.807, 2.05) is 31.2 Å². The van der Waals surface area contributed by atoms with Crippen LogP contribution in [0.4, 0.5) is 5.95 Å². The van der Waals surface area contributed by atoms with Gasteiger partial charge in [-0.1, -0.05) is 35.5 Å². The van der Waals surface area contributed by atoms with Crippen molar-refractivity contribution in [1.82, 2.24) is 15.0 Å². The molecule has 2 aromatic rings. The summed E-state index contributed by atoms with van der Waals surface area (Å²) in [5.74, 6) is 2.05. The van der Waals surface area contributed by atoms with Gasteiger partial charge in [-0.25, -0.2) is 4.98 Å². The topological polar surface area (TPSA) is 76.7 Å². The maximum absolute atomic E-state index is 5.86. The molecule has 5 nitrogen and oxygen atoms in total. The molecule has 0 unspecified atom stereocenters. The summed E-state index contributed by atoms with van der Waals surface area (Å²) in [5, 5.41) is 4.50. The summed E-state index contributed by atoms with van der Waals surface area (Å²) in [6.07, 6.45) is 0. The fourth-order valence-electron chi connectivity index (χ4n) is 1.51. The van der Waals surface area contributed by atoms with E-state index in [9.17, 15) is 0 Å². The number of nitrogens with one attached hydrogen (secondary N) is 1. The van der Waals surface area contributed by atoms with Gasteiger partial charge in [0.05, 0.1) is 0 Å². The van der Waals surface area contributed by atoms with Gasteiger partial charge in [-0.3, -0.25) is 0 Å². The molecular weight excluding hydrogens is 294 g/mol. The van der Waals surface area contributed by atoms with Crippen LogP contribution in [0.25, 0.3) is 0 Å². The molecule has 2 rings (SSSR count). The van der Waals surface area contributed by atoms with Crippen molar-refractivity contribution in [2.75, 3.05) is 18.4 Å². The smallest absolute Gasteiger partial charge is 0.226 e. The zero-order valence-corrected chi connectivity index (χ0v) is 12.7. The second-order valence-electron chi connectivity index (χ2n) is 4.12. The van der Waals surface area contributed by atoms with Crippen molar-refractivity contribution in [3.05, 3.63) is 40.7 Å². The lowest BCUT2D eigenvalue weighted by atomic mass is 10.2. The van der Waals surface area contributed by atoms with E-state index >= 15 is 0 Å². The van der Waals surface area contributed by atoms with Gasteiger partial charge in [-0.2, -0.15) is 9.97 Å². The van der Waals surface area contributed by atoms with Crippen molar-refractivity contribution >= 4 is 29.3 Å². The summed E-state index contributed by atoms with van der Waals surface area (Å²) in [4.78, 5) is 12.9. The third-order valence-electron chi connectivity index (χ3n) is 2.44. The fourth-order valence-corrected chi connectivity index (χ4v) is 2.48. The van der Waals surface area contributed by atoms with Gasteiger partial charge in [-0.05, 0) is 24.6 Å². The van der Waals surface area contributed by atoms with Crippen molar-refractivity contribution in [3.63, 3.8) is 0 Å². The molecule has 1 aromatic heterocycles. The number of aromatic nitrogens is 3. The highest BCUT2D eigenvalue weighted by atomic mass is 35.5. The summed E-state index contributed by atoms with van der Waals surface area (Å²) >= 11 is 7.43. The first-order valence-electron chi connectivity index (χ1n) is 6.21. The first-order chi connectivity index (χ1) is 9.67. The molecule has 0 radical (unpaired) electrons. The lowest BCUT2D eigenvalue weighted by Gasteiger charge is -2.06. The second-order valence-corrected chi connectivity index (χ2v) is 5.50. The standard InChI is InChI=1S/C13H16ClN5S/c1-9-17-12(16-7-6-15)19-13(18-9)20-8-10-2-4-11(14)5-3-10/h2-5H,6-8,15H2,1H3,(H,16,17,18,19). The zero-order chi connectivity index (χ0) is 14.4. The Kier molecular flexibility index (Phi) is 5.58. The Morgan fingerprint density at radius 1 is 1.20 bits per heavy atom. The number of halogens is 1. The van der Waals surface area contributed by atoms with Gasteiger partial charge in [0, 0.05) is 23.9 Å². The molecule has 0 saturated carbocycles. The highest BCUT2D eigenvalue weighted by Gasteiger charge is 2.04. The molecule has 1 aromatic carbocycles. The average Bonchev–Trinajstić information content (AvgIpc) is 2.44. The van der Waals surface area contributed by atoms with E-state index in [4.69, 9.17) is 17.3 Å². The molecule has 20 heavy (non-hydrogen) atoms. The zero-order valence-electron chi connectivity index (χ0n) is 11.1. The predicted octanol–water partition coefficient (Wildman–Crippen LogP) is 2.50. The molecule has 0 saturated heterocycles. The third-order valence-corrected chi connectivity index (χ3v) is 3.61. The average molecular weight is 310 g/mol. The molecule has 0 aliphatic carbocycles. The number of hydrogen-bond acceptors (Lipinski definition) is 6. The van der Waals surface area contributed by atoms with Crippen molar-refractivity contribution in [3.8, 4) is 0 Å². The number of hydrogen-bond donors (Lipinski definition) is 2. The summed E-state index contributed by atoms with van der Waals surface area (Å²) in [7, 11) is 0. The summed E-state index contributed by atoms with van der Waals surface area (Å²) in [5.41, 5.74) is 6.62. The van der Waals surface area contributed by atoms with Crippen LogP contribution < -0.4 is 11.1 Å². The van der Waals surface area contributed by atoms with Crippen LogP contribution in [0.2, 0.25) is 5.02 Å². The number of nitrogens with two attached hydrogens (primary N) is 1. The lowest BCUT2D eigenvalue weighted by Crippen LogP contribution is -2.15. The van der Waals surface area contributed by atoms with E-state index in [0.29, 0.717) is 30.0 Å². The third kappa shape index (κ3) is 4.63. The molecule has 0 amide bonds.